The maximum absolute atomic E-state index is 9.48. The highest BCUT2D eigenvalue weighted by Gasteiger charge is 2.06. The van der Waals surface area contributed by atoms with Crippen LogP contribution in [0, 0.1) is 0 Å². The number of phenols is 1. The van der Waals surface area contributed by atoms with Crippen LogP contribution in [0.5, 0.6) is 5.75 Å². The second kappa shape index (κ2) is 4.01. The molecule has 0 spiro atoms. The van der Waals surface area contributed by atoms with Gasteiger partial charge in [0.2, 0.25) is 0 Å². The molecule has 3 heteroatoms. The summed E-state index contributed by atoms with van der Waals surface area (Å²) in [5.41, 5.74) is 0.502. The van der Waals surface area contributed by atoms with Crippen molar-refractivity contribution in [3.05, 3.63) is 28.8 Å². The van der Waals surface area contributed by atoms with Gasteiger partial charge in [0.1, 0.15) is 5.75 Å². The quantitative estimate of drug-likeness (QED) is 0.711. The molecule has 0 aromatic heterocycles. The second-order valence-electron chi connectivity index (χ2n) is 4.13. The zero-order valence-corrected chi connectivity index (χ0v) is 9.34. The first kappa shape index (κ1) is 11.1. The van der Waals surface area contributed by atoms with Crippen LogP contribution in [0.4, 0.5) is 0 Å². The molecule has 1 rings (SSSR count). The molecule has 0 fully saturated rings. The SMILES string of the molecule is CC(C)(C)/N=C/c1cc(Cl)ccc1O. The van der Waals surface area contributed by atoms with Crippen LogP contribution in [-0.4, -0.2) is 16.9 Å². The monoisotopic (exact) mass is 211 g/mol. The lowest BCUT2D eigenvalue weighted by Gasteiger charge is -2.11. The molecule has 76 valence electrons. The van der Waals surface area contributed by atoms with E-state index in [9.17, 15) is 5.11 Å². The standard InChI is InChI=1S/C11H14ClNO/c1-11(2,3)13-7-8-6-9(12)4-5-10(8)14/h4-7,14H,1-3H3/b13-7+. The van der Waals surface area contributed by atoms with E-state index in [1.54, 1.807) is 24.4 Å². The van der Waals surface area contributed by atoms with Crippen molar-refractivity contribution < 1.29 is 5.11 Å². The molecule has 14 heavy (non-hydrogen) atoms. The van der Waals surface area contributed by atoms with E-state index >= 15 is 0 Å². The van der Waals surface area contributed by atoms with E-state index < -0.39 is 0 Å². The van der Waals surface area contributed by atoms with E-state index in [1.807, 2.05) is 20.8 Å². The average Bonchev–Trinajstić information content (AvgIpc) is 2.05. The van der Waals surface area contributed by atoms with Crippen LogP contribution in [0.2, 0.25) is 5.02 Å². The lowest BCUT2D eigenvalue weighted by molar-refractivity contribution is 0.474. The van der Waals surface area contributed by atoms with Gasteiger partial charge in [-0.3, -0.25) is 4.99 Å². The van der Waals surface area contributed by atoms with E-state index in [1.165, 1.54) is 0 Å². The van der Waals surface area contributed by atoms with Crippen molar-refractivity contribution >= 4 is 17.8 Å². The molecular weight excluding hydrogens is 198 g/mol. The molecule has 0 bridgehead atoms. The predicted octanol–water partition coefficient (Wildman–Crippen LogP) is 3.26. The summed E-state index contributed by atoms with van der Waals surface area (Å²) in [6.07, 6.45) is 1.64. The van der Waals surface area contributed by atoms with Gasteiger partial charge in [0.15, 0.2) is 0 Å². The van der Waals surface area contributed by atoms with Gasteiger partial charge < -0.3 is 5.11 Å². The molecule has 0 unspecified atom stereocenters. The summed E-state index contributed by atoms with van der Waals surface area (Å²) >= 11 is 5.79. The van der Waals surface area contributed by atoms with Crippen LogP contribution >= 0.6 is 11.6 Å². The summed E-state index contributed by atoms with van der Waals surface area (Å²) < 4.78 is 0. The first-order chi connectivity index (χ1) is 6.38. The van der Waals surface area contributed by atoms with Crippen LogP contribution in [0.25, 0.3) is 0 Å². The number of nitrogens with zero attached hydrogens (tertiary/aromatic N) is 1. The summed E-state index contributed by atoms with van der Waals surface area (Å²) in [6.45, 7) is 5.97. The average molecular weight is 212 g/mol. The molecule has 0 aliphatic heterocycles. The van der Waals surface area contributed by atoms with Gasteiger partial charge in [-0.05, 0) is 39.0 Å². The van der Waals surface area contributed by atoms with Gasteiger partial charge in [0.25, 0.3) is 0 Å². The Morgan fingerprint density at radius 1 is 1.36 bits per heavy atom. The highest BCUT2D eigenvalue weighted by atomic mass is 35.5. The number of benzene rings is 1. The van der Waals surface area contributed by atoms with Crippen LogP contribution in [0.3, 0.4) is 0 Å². The largest absolute Gasteiger partial charge is 0.507 e. The third kappa shape index (κ3) is 3.38. The Hall–Kier alpha value is -1.02. The number of rotatable bonds is 1. The lowest BCUT2D eigenvalue weighted by Crippen LogP contribution is -2.09. The van der Waals surface area contributed by atoms with Gasteiger partial charge in [0, 0.05) is 16.8 Å². The van der Waals surface area contributed by atoms with E-state index in [-0.39, 0.29) is 11.3 Å². The Morgan fingerprint density at radius 3 is 2.57 bits per heavy atom. The van der Waals surface area contributed by atoms with Gasteiger partial charge in [-0.25, -0.2) is 0 Å². The van der Waals surface area contributed by atoms with Crippen molar-refractivity contribution in [2.24, 2.45) is 4.99 Å². The van der Waals surface area contributed by atoms with Gasteiger partial charge in [-0.1, -0.05) is 11.6 Å². The summed E-state index contributed by atoms with van der Waals surface area (Å²) in [5, 5.41) is 10.1. The minimum atomic E-state index is -0.144. The van der Waals surface area contributed by atoms with Crippen LogP contribution < -0.4 is 0 Å². The van der Waals surface area contributed by atoms with E-state index in [0.29, 0.717) is 10.6 Å². The molecule has 0 radical (unpaired) electrons. The third-order valence-corrected chi connectivity index (χ3v) is 1.82. The fourth-order valence-electron chi connectivity index (χ4n) is 0.892. The molecular formula is C11H14ClNO. The molecule has 0 amide bonds. The zero-order chi connectivity index (χ0) is 10.8. The van der Waals surface area contributed by atoms with Crippen molar-refractivity contribution in [2.75, 3.05) is 0 Å². The maximum Gasteiger partial charge on any atom is 0.124 e. The Morgan fingerprint density at radius 2 is 2.00 bits per heavy atom. The number of aliphatic imine (C=N–C) groups is 1. The van der Waals surface area contributed by atoms with Gasteiger partial charge in [-0.15, -0.1) is 0 Å². The normalized spacial score (nSPS) is 12.3. The van der Waals surface area contributed by atoms with Gasteiger partial charge >= 0.3 is 0 Å². The van der Waals surface area contributed by atoms with Gasteiger partial charge in [0.05, 0.1) is 5.54 Å². The third-order valence-electron chi connectivity index (χ3n) is 1.58. The minimum Gasteiger partial charge on any atom is -0.507 e. The molecule has 0 saturated carbocycles. The highest BCUT2D eigenvalue weighted by Crippen LogP contribution is 2.20. The topological polar surface area (TPSA) is 32.6 Å². The zero-order valence-electron chi connectivity index (χ0n) is 8.58. The predicted molar refractivity (Wildman–Crippen MR) is 60.5 cm³/mol. The molecule has 1 aromatic rings. The van der Waals surface area contributed by atoms with Crippen molar-refractivity contribution in [1.29, 1.82) is 0 Å². The number of hydrogen-bond acceptors (Lipinski definition) is 2. The van der Waals surface area contributed by atoms with Crippen LogP contribution in [0.1, 0.15) is 26.3 Å². The lowest BCUT2D eigenvalue weighted by atomic mass is 10.1. The van der Waals surface area contributed by atoms with Crippen molar-refractivity contribution in [1.82, 2.24) is 0 Å². The van der Waals surface area contributed by atoms with Gasteiger partial charge in [-0.2, -0.15) is 0 Å². The van der Waals surface area contributed by atoms with Crippen LogP contribution in [-0.2, 0) is 0 Å². The Bertz CT molecular complexity index is 353. The second-order valence-corrected chi connectivity index (χ2v) is 4.57. The summed E-state index contributed by atoms with van der Waals surface area (Å²) in [7, 11) is 0. The highest BCUT2D eigenvalue weighted by molar-refractivity contribution is 6.30. The van der Waals surface area contributed by atoms with Crippen molar-refractivity contribution in [3.8, 4) is 5.75 Å². The number of halogens is 1. The molecule has 0 aliphatic carbocycles. The van der Waals surface area contributed by atoms with E-state index in [2.05, 4.69) is 4.99 Å². The summed E-state index contributed by atoms with van der Waals surface area (Å²) in [5.74, 6) is 0.197. The Kier molecular flexibility index (Phi) is 3.17. The minimum absolute atomic E-state index is 0.144. The summed E-state index contributed by atoms with van der Waals surface area (Å²) in [4.78, 5) is 4.29. The number of aromatic hydroxyl groups is 1. The first-order valence-electron chi connectivity index (χ1n) is 4.42. The van der Waals surface area contributed by atoms with E-state index in [4.69, 9.17) is 11.6 Å². The first-order valence-corrected chi connectivity index (χ1v) is 4.80. The molecule has 0 saturated heterocycles. The smallest absolute Gasteiger partial charge is 0.124 e. The van der Waals surface area contributed by atoms with Crippen molar-refractivity contribution in [3.63, 3.8) is 0 Å². The summed E-state index contributed by atoms with van der Waals surface area (Å²) in [6, 6.07) is 4.89. The molecule has 1 aromatic carbocycles. The molecule has 1 N–H and O–H groups in total. The van der Waals surface area contributed by atoms with Crippen molar-refractivity contribution in [2.45, 2.75) is 26.3 Å². The Labute approximate surface area is 89.2 Å². The number of hydrogen-bond donors (Lipinski definition) is 1. The van der Waals surface area contributed by atoms with E-state index in [0.717, 1.165) is 0 Å². The molecule has 0 atom stereocenters. The molecule has 0 heterocycles. The van der Waals surface area contributed by atoms with Crippen LogP contribution in [0.15, 0.2) is 23.2 Å². The molecule has 2 nitrogen and oxygen atoms in total. The fraction of sp³-hybridized carbons (Fsp3) is 0.364. The molecule has 0 aliphatic rings. The maximum atomic E-state index is 9.48. The fourth-order valence-corrected chi connectivity index (χ4v) is 1.07. The number of phenolic OH excluding ortho intramolecular Hbond substituents is 1. The Balaban J connectivity index is 2.97.